The number of rotatable bonds is 2. The van der Waals surface area contributed by atoms with Gasteiger partial charge in [-0.05, 0) is 37.6 Å². The van der Waals surface area contributed by atoms with Crippen molar-refractivity contribution in [2.45, 2.75) is 13.8 Å². The van der Waals surface area contributed by atoms with Crippen molar-refractivity contribution in [1.82, 2.24) is 10.2 Å². The predicted octanol–water partition coefficient (Wildman–Crippen LogP) is 2.34. The lowest BCUT2D eigenvalue weighted by molar-refractivity contribution is 0.477. The maximum Gasteiger partial charge on any atom is 0.126 e. The lowest BCUT2D eigenvalue weighted by Gasteiger charge is -2.10. The van der Waals surface area contributed by atoms with E-state index in [0.717, 1.165) is 5.56 Å². The first-order valence-electron chi connectivity index (χ1n) is 5.66. The number of nitrogens with zero attached hydrogens (tertiary/aromatic N) is 3. The Balaban J connectivity index is 2.67. The molecular formula is C14H12N4O. The molecule has 0 aliphatic carbocycles. The first-order valence-corrected chi connectivity index (χ1v) is 5.66. The Bertz CT molecular complexity index is 701. The van der Waals surface area contributed by atoms with Crippen LogP contribution in [-0.2, 0) is 0 Å². The molecule has 2 rings (SSSR count). The number of aromatic nitrogens is 2. The molecule has 94 valence electrons. The summed E-state index contributed by atoms with van der Waals surface area (Å²) >= 11 is 0. The van der Waals surface area contributed by atoms with Crippen LogP contribution in [0, 0.1) is 30.6 Å². The molecule has 5 nitrogen and oxygen atoms in total. The highest BCUT2D eigenvalue weighted by atomic mass is 16.3. The Morgan fingerprint density at radius 3 is 2.63 bits per heavy atom. The van der Waals surface area contributed by atoms with Crippen LogP contribution in [0.5, 0.6) is 5.75 Å². The van der Waals surface area contributed by atoms with E-state index in [9.17, 15) is 5.11 Å². The van der Waals surface area contributed by atoms with Crippen molar-refractivity contribution in [3.63, 3.8) is 0 Å². The number of benzene rings is 1. The van der Waals surface area contributed by atoms with Crippen molar-refractivity contribution in [3.05, 3.63) is 40.6 Å². The fraction of sp³-hybridized carbons (Fsp3) is 0.143. The van der Waals surface area contributed by atoms with Gasteiger partial charge in [-0.3, -0.25) is 0 Å². The van der Waals surface area contributed by atoms with Gasteiger partial charge in [0.2, 0.25) is 0 Å². The third-order valence-corrected chi connectivity index (χ3v) is 2.98. The minimum atomic E-state index is -0.0174. The highest BCUT2D eigenvalue weighted by Crippen LogP contribution is 2.31. The molecule has 0 atom stereocenters. The van der Waals surface area contributed by atoms with Gasteiger partial charge >= 0.3 is 0 Å². The number of phenolic OH excluding ortho intramolecular Hbond substituents is 1. The Kier molecular flexibility index (Phi) is 3.25. The average molecular weight is 252 g/mol. The lowest BCUT2D eigenvalue weighted by atomic mass is 10.0. The Morgan fingerprint density at radius 1 is 1.32 bits per heavy atom. The Labute approximate surface area is 110 Å². The SMILES string of the molecule is Cc1nnc(-c2ccc(C#N)cc2O)c(C)c1C=N. The van der Waals surface area contributed by atoms with E-state index in [1.807, 2.05) is 13.0 Å². The number of phenols is 1. The molecule has 1 aromatic carbocycles. The molecule has 1 aromatic heterocycles. The summed E-state index contributed by atoms with van der Waals surface area (Å²) in [5.41, 5.74) is 3.55. The second kappa shape index (κ2) is 4.86. The molecule has 2 aromatic rings. The molecule has 0 radical (unpaired) electrons. The Morgan fingerprint density at radius 2 is 2.05 bits per heavy atom. The van der Waals surface area contributed by atoms with Crippen LogP contribution in [0.15, 0.2) is 18.2 Å². The van der Waals surface area contributed by atoms with Crippen LogP contribution < -0.4 is 0 Å². The van der Waals surface area contributed by atoms with Crippen LogP contribution in [0.4, 0.5) is 0 Å². The number of aromatic hydroxyl groups is 1. The molecule has 0 saturated heterocycles. The zero-order valence-corrected chi connectivity index (χ0v) is 10.6. The summed E-state index contributed by atoms with van der Waals surface area (Å²) in [6.45, 7) is 3.61. The molecule has 0 amide bonds. The van der Waals surface area contributed by atoms with E-state index in [0.29, 0.717) is 28.1 Å². The van der Waals surface area contributed by atoms with Crippen molar-refractivity contribution in [2.75, 3.05) is 0 Å². The smallest absolute Gasteiger partial charge is 0.126 e. The van der Waals surface area contributed by atoms with Gasteiger partial charge in [-0.15, -0.1) is 5.10 Å². The maximum atomic E-state index is 9.96. The van der Waals surface area contributed by atoms with Gasteiger partial charge in [0, 0.05) is 17.3 Å². The van der Waals surface area contributed by atoms with E-state index >= 15 is 0 Å². The van der Waals surface area contributed by atoms with Gasteiger partial charge in [-0.2, -0.15) is 10.4 Å². The van der Waals surface area contributed by atoms with Crippen LogP contribution in [-0.4, -0.2) is 21.5 Å². The van der Waals surface area contributed by atoms with Crippen molar-refractivity contribution >= 4 is 6.21 Å². The summed E-state index contributed by atoms with van der Waals surface area (Å²) in [5, 5.41) is 34.2. The highest BCUT2D eigenvalue weighted by molar-refractivity contribution is 5.84. The summed E-state index contributed by atoms with van der Waals surface area (Å²) < 4.78 is 0. The summed E-state index contributed by atoms with van der Waals surface area (Å²) in [6, 6.07) is 6.59. The lowest BCUT2D eigenvalue weighted by Crippen LogP contribution is -2.02. The monoisotopic (exact) mass is 252 g/mol. The molecular weight excluding hydrogens is 240 g/mol. The number of aryl methyl sites for hydroxylation is 1. The molecule has 0 fully saturated rings. The molecule has 5 heteroatoms. The normalized spacial score (nSPS) is 9.95. The van der Waals surface area contributed by atoms with Crippen molar-refractivity contribution in [2.24, 2.45) is 0 Å². The molecule has 0 aliphatic rings. The molecule has 0 bridgehead atoms. The van der Waals surface area contributed by atoms with Crippen LogP contribution >= 0.6 is 0 Å². The van der Waals surface area contributed by atoms with Crippen LogP contribution in [0.1, 0.15) is 22.4 Å². The van der Waals surface area contributed by atoms with E-state index in [1.165, 1.54) is 12.3 Å². The van der Waals surface area contributed by atoms with Crippen LogP contribution in [0.25, 0.3) is 11.3 Å². The number of nitriles is 1. The standard InChI is InChI=1S/C14H12N4O/c1-8-12(7-16)9(2)17-18-14(8)11-4-3-10(6-15)5-13(11)19/h3-5,7,16,19H,1-2H3. The first kappa shape index (κ1) is 12.7. The van der Waals surface area contributed by atoms with Crippen molar-refractivity contribution in [1.29, 1.82) is 10.7 Å². The summed E-state index contributed by atoms with van der Waals surface area (Å²) in [5.74, 6) is -0.0174. The molecule has 0 spiro atoms. The molecule has 0 unspecified atom stereocenters. The predicted molar refractivity (Wildman–Crippen MR) is 71.2 cm³/mol. The highest BCUT2D eigenvalue weighted by Gasteiger charge is 2.14. The third-order valence-electron chi connectivity index (χ3n) is 2.98. The van der Waals surface area contributed by atoms with Crippen molar-refractivity contribution in [3.8, 4) is 23.1 Å². The number of hydrogen-bond acceptors (Lipinski definition) is 5. The minimum Gasteiger partial charge on any atom is -0.507 e. The zero-order chi connectivity index (χ0) is 14.0. The third kappa shape index (κ3) is 2.16. The second-order valence-corrected chi connectivity index (χ2v) is 4.16. The van der Waals surface area contributed by atoms with Gasteiger partial charge < -0.3 is 10.5 Å². The fourth-order valence-electron chi connectivity index (χ4n) is 1.92. The molecule has 0 saturated carbocycles. The van der Waals surface area contributed by atoms with E-state index in [-0.39, 0.29) is 5.75 Å². The summed E-state index contributed by atoms with van der Waals surface area (Å²) in [6.07, 6.45) is 1.23. The topological polar surface area (TPSA) is 93.7 Å². The molecule has 1 heterocycles. The van der Waals surface area contributed by atoms with Gasteiger partial charge in [0.15, 0.2) is 0 Å². The number of hydrogen-bond donors (Lipinski definition) is 2. The van der Waals surface area contributed by atoms with E-state index in [4.69, 9.17) is 10.7 Å². The van der Waals surface area contributed by atoms with Gasteiger partial charge in [0.1, 0.15) is 11.4 Å². The first-order chi connectivity index (χ1) is 9.08. The van der Waals surface area contributed by atoms with Gasteiger partial charge in [-0.25, -0.2) is 0 Å². The molecule has 2 N–H and O–H groups in total. The summed E-state index contributed by atoms with van der Waals surface area (Å²) in [4.78, 5) is 0. The van der Waals surface area contributed by atoms with E-state index < -0.39 is 0 Å². The Hall–Kier alpha value is -2.74. The molecule has 19 heavy (non-hydrogen) atoms. The molecule has 0 aliphatic heterocycles. The average Bonchev–Trinajstić information content (AvgIpc) is 2.40. The van der Waals surface area contributed by atoms with Gasteiger partial charge in [-0.1, -0.05) is 0 Å². The van der Waals surface area contributed by atoms with Gasteiger partial charge in [0.05, 0.1) is 17.3 Å². The maximum absolute atomic E-state index is 9.96. The fourth-order valence-corrected chi connectivity index (χ4v) is 1.92. The minimum absolute atomic E-state index is 0.0174. The number of nitrogens with one attached hydrogen (secondary N) is 1. The van der Waals surface area contributed by atoms with E-state index in [1.54, 1.807) is 19.1 Å². The summed E-state index contributed by atoms with van der Waals surface area (Å²) in [7, 11) is 0. The van der Waals surface area contributed by atoms with Crippen molar-refractivity contribution < 1.29 is 5.11 Å². The zero-order valence-electron chi connectivity index (χ0n) is 10.6. The quantitative estimate of drug-likeness (QED) is 0.802. The van der Waals surface area contributed by atoms with Crippen LogP contribution in [0.2, 0.25) is 0 Å². The van der Waals surface area contributed by atoms with E-state index in [2.05, 4.69) is 10.2 Å². The largest absolute Gasteiger partial charge is 0.507 e. The second-order valence-electron chi connectivity index (χ2n) is 4.16. The van der Waals surface area contributed by atoms with Crippen LogP contribution in [0.3, 0.4) is 0 Å². The van der Waals surface area contributed by atoms with Gasteiger partial charge in [0.25, 0.3) is 0 Å².